The summed E-state index contributed by atoms with van der Waals surface area (Å²) in [5.41, 5.74) is 3.33. The summed E-state index contributed by atoms with van der Waals surface area (Å²) in [5, 5.41) is 7.38. The molecule has 3 aromatic rings. The second-order valence-corrected chi connectivity index (χ2v) is 8.88. The first-order chi connectivity index (χ1) is 16.8. The summed E-state index contributed by atoms with van der Waals surface area (Å²) in [5.74, 6) is -3.64. The van der Waals surface area contributed by atoms with Gasteiger partial charge in [0.15, 0.2) is 17.8 Å². The molecule has 1 aromatic heterocycles. The molecule has 2 aromatic carbocycles. The minimum Gasteiger partial charge on any atom is -0.326 e. The van der Waals surface area contributed by atoms with Crippen molar-refractivity contribution in [1.82, 2.24) is 9.78 Å². The number of nitrogens with zero attached hydrogens (tertiary/aromatic N) is 2. The van der Waals surface area contributed by atoms with Gasteiger partial charge in [0.25, 0.3) is 0 Å². The molecule has 0 spiro atoms. The molecule has 2 unspecified atom stereocenters. The van der Waals surface area contributed by atoms with Crippen LogP contribution in [0.2, 0.25) is 0 Å². The molecule has 0 radical (unpaired) electrons. The molecular weight excluding hydrogens is 471 g/mol. The van der Waals surface area contributed by atoms with Crippen LogP contribution in [0.4, 0.5) is 18.9 Å². The molecular formula is C27H24F3N3OS. The van der Waals surface area contributed by atoms with Gasteiger partial charge in [-0.15, -0.1) is 0 Å². The summed E-state index contributed by atoms with van der Waals surface area (Å²) in [6.45, 7) is 1.47. The molecule has 0 saturated carbocycles. The number of alkyl halides is 1. The standard InChI is InChI=1S/C27H24F3N3OS/c1-17-23(16-21(28)27(30)26(17)29)33-13-12-24(35)22(32-33)15-19-8-5-9-20(14-19)31-25(34)11-10-18-6-3-2-4-7-18/h2-9,12-14,16-17,26H,10-11,15H2,1H3,(H,31,34). The zero-order chi connectivity index (χ0) is 24.9. The number of aromatic nitrogens is 2. The number of allylic oxidation sites excluding steroid dienone is 4. The monoisotopic (exact) mass is 495 g/mol. The highest BCUT2D eigenvalue weighted by Gasteiger charge is 2.32. The van der Waals surface area contributed by atoms with Gasteiger partial charge in [-0.25, -0.2) is 17.9 Å². The van der Waals surface area contributed by atoms with Crippen LogP contribution in [0, 0.1) is 10.4 Å². The number of nitrogens with one attached hydrogen (secondary N) is 1. The number of halogens is 3. The maximum Gasteiger partial charge on any atom is 0.224 e. The second-order valence-electron chi connectivity index (χ2n) is 8.44. The third-order valence-corrected chi connectivity index (χ3v) is 6.23. The SMILES string of the molecule is CC1C(n2ccc(=S)c(Cc3cccc(NC(=O)CCc4ccccc4)c3)n2)=CC(F)=C(F)C1F. The summed E-state index contributed by atoms with van der Waals surface area (Å²) in [6.07, 6.45) is 1.76. The van der Waals surface area contributed by atoms with Crippen LogP contribution in [-0.2, 0) is 17.6 Å². The van der Waals surface area contributed by atoms with E-state index in [1.165, 1.54) is 17.8 Å². The molecule has 0 saturated heterocycles. The van der Waals surface area contributed by atoms with E-state index in [-0.39, 0.29) is 11.6 Å². The molecule has 0 aliphatic heterocycles. The van der Waals surface area contributed by atoms with Crippen molar-refractivity contribution in [2.75, 3.05) is 5.32 Å². The summed E-state index contributed by atoms with van der Waals surface area (Å²) in [7, 11) is 0. The quantitative estimate of drug-likeness (QED) is 0.369. The van der Waals surface area contributed by atoms with Crippen molar-refractivity contribution in [2.24, 2.45) is 5.92 Å². The maximum atomic E-state index is 14.2. The van der Waals surface area contributed by atoms with Crippen molar-refractivity contribution in [2.45, 2.75) is 32.4 Å². The molecule has 4 rings (SSSR count). The Hall–Kier alpha value is -3.52. The fourth-order valence-corrected chi connectivity index (χ4v) is 4.07. The fourth-order valence-electron chi connectivity index (χ4n) is 3.90. The smallest absolute Gasteiger partial charge is 0.224 e. The second kappa shape index (κ2) is 10.8. The summed E-state index contributed by atoms with van der Waals surface area (Å²) < 4.78 is 43.5. The number of carbonyl (C=O) groups excluding carboxylic acids is 1. The molecule has 8 heteroatoms. The molecule has 0 bridgehead atoms. The maximum absolute atomic E-state index is 14.2. The lowest BCUT2D eigenvalue weighted by atomic mass is 9.95. The highest BCUT2D eigenvalue weighted by molar-refractivity contribution is 7.71. The molecule has 1 amide bonds. The highest BCUT2D eigenvalue weighted by atomic mass is 32.1. The van der Waals surface area contributed by atoms with Gasteiger partial charge in [-0.1, -0.05) is 61.6 Å². The first kappa shape index (κ1) is 24.6. The number of hydrogen-bond acceptors (Lipinski definition) is 3. The van der Waals surface area contributed by atoms with E-state index in [0.717, 1.165) is 17.2 Å². The van der Waals surface area contributed by atoms with E-state index in [4.69, 9.17) is 12.2 Å². The predicted octanol–water partition coefficient (Wildman–Crippen LogP) is 6.75. The largest absolute Gasteiger partial charge is 0.326 e. The van der Waals surface area contributed by atoms with E-state index in [9.17, 15) is 18.0 Å². The zero-order valence-electron chi connectivity index (χ0n) is 19.0. The van der Waals surface area contributed by atoms with Crippen LogP contribution in [0.3, 0.4) is 0 Å². The normalized spacial score (nSPS) is 17.8. The zero-order valence-corrected chi connectivity index (χ0v) is 19.9. The van der Waals surface area contributed by atoms with Gasteiger partial charge in [0.05, 0.1) is 15.9 Å². The third-order valence-electron chi connectivity index (χ3n) is 5.86. The van der Waals surface area contributed by atoms with Gasteiger partial charge in [0, 0.05) is 30.6 Å². The van der Waals surface area contributed by atoms with Crippen LogP contribution in [-0.4, -0.2) is 21.9 Å². The van der Waals surface area contributed by atoms with Crippen molar-refractivity contribution < 1.29 is 18.0 Å². The van der Waals surface area contributed by atoms with Gasteiger partial charge in [-0.3, -0.25) is 4.79 Å². The van der Waals surface area contributed by atoms with Crippen molar-refractivity contribution in [1.29, 1.82) is 0 Å². The topological polar surface area (TPSA) is 46.9 Å². The Labute approximate surface area is 206 Å². The minimum absolute atomic E-state index is 0.0908. The number of carbonyl (C=O) groups is 1. The van der Waals surface area contributed by atoms with Crippen LogP contribution in [0.1, 0.15) is 30.2 Å². The van der Waals surface area contributed by atoms with E-state index in [1.807, 2.05) is 48.5 Å². The van der Waals surface area contributed by atoms with E-state index < -0.39 is 23.7 Å². The van der Waals surface area contributed by atoms with Gasteiger partial charge in [-0.05, 0) is 41.8 Å². The van der Waals surface area contributed by atoms with Crippen LogP contribution in [0.5, 0.6) is 0 Å². The van der Waals surface area contributed by atoms with Crippen molar-refractivity contribution in [3.05, 3.63) is 106 Å². The number of amides is 1. The first-order valence-electron chi connectivity index (χ1n) is 11.2. The number of rotatable bonds is 7. The van der Waals surface area contributed by atoms with Crippen LogP contribution < -0.4 is 5.32 Å². The van der Waals surface area contributed by atoms with Crippen LogP contribution in [0.25, 0.3) is 5.70 Å². The molecule has 35 heavy (non-hydrogen) atoms. The molecule has 1 N–H and O–H groups in total. The lowest BCUT2D eigenvalue weighted by molar-refractivity contribution is -0.116. The van der Waals surface area contributed by atoms with Crippen molar-refractivity contribution in [3.8, 4) is 0 Å². The molecule has 2 atom stereocenters. The number of hydrogen-bond donors (Lipinski definition) is 1. The Bertz CT molecular complexity index is 1350. The van der Waals surface area contributed by atoms with Crippen LogP contribution in [0.15, 0.2) is 84.6 Å². The van der Waals surface area contributed by atoms with E-state index >= 15 is 0 Å². The van der Waals surface area contributed by atoms with Crippen molar-refractivity contribution >= 4 is 29.5 Å². The Morgan fingerprint density at radius 1 is 1.09 bits per heavy atom. The predicted molar refractivity (Wildman–Crippen MR) is 133 cm³/mol. The van der Waals surface area contributed by atoms with Gasteiger partial charge >= 0.3 is 0 Å². The highest BCUT2D eigenvalue weighted by Crippen LogP contribution is 2.35. The third kappa shape index (κ3) is 5.95. The number of anilines is 1. The van der Waals surface area contributed by atoms with Gasteiger partial charge < -0.3 is 5.32 Å². The molecule has 180 valence electrons. The summed E-state index contributed by atoms with van der Waals surface area (Å²) in [4.78, 5) is 12.4. The average molecular weight is 496 g/mol. The fraction of sp³-hybridized carbons (Fsp3) is 0.222. The Balaban J connectivity index is 1.48. The Kier molecular flexibility index (Phi) is 7.60. The van der Waals surface area contributed by atoms with E-state index in [0.29, 0.717) is 35.2 Å². The Morgan fingerprint density at radius 2 is 1.83 bits per heavy atom. The minimum atomic E-state index is -2.07. The average Bonchev–Trinajstić information content (AvgIpc) is 2.86. The van der Waals surface area contributed by atoms with Crippen molar-refractivity contribution in [3.63, 3.8) is 0 Å². The summed E-state index contributed by atoms with van der Waals surface area (Å²) in [6, 6.07) is 18.8. The molecule has 4 nitrogen and oxygen atoms in total. The first-order valence-corrected chi connectivity index (χ1v) is 11.7. The molecule has 1 heterocycles. The van der Waals surface area contributed by atoms with E-state index in [2.05, 4.69) is 10.4 Å². The number of benzene rings is 2. The van der Waals surface area contributed by atoms with Gasteiger partial charge in [-0.2, -0.15) is 5.10 Å². The van der Waals surface area contributed by atoms with Gasteiger partial charge in [0.2, 0.25) is 5.91 Å². The van der Waals surface area contributed by atoms with Crippen LogP contribution >= 0.6 is 12.2 Å². The molecule has 1 aliphatic carbocycles. The molecule has 0 fully saturated rings. The van der Waals surface area contributed by atoms with Gasteiger partial charge in [0.1, 0.15) is 0 Å². The summed E-state index contributed by atoms with van der Waals surface area (Å²) >= 11 is 5.41. The molecule has 1 aliphatic rings. The number of aryl methyl sites for hydroxylation is 1. The lowest BCUT2D eigenvalue weighted by Gasteiger charge is -2.24. The van der Waals surface area contributed by atoms with E-state index in [1.54, 1.807) is 12.1 Å². The Morgan fingerprint density at radius 3 is 2.60 bits per heavy atom. The lowest BCUT2D eigenvalue weighted by Crippen LogP contribution is -2.24.